The van der Waals surface area contributed by atoms with E-state index in [-0.39, 0.29) is 11.7 Å². The van der Waals surface area contributed by atoms with Crippen molar-refractivity contribution in [3.05, 3.63) is 75.9 Å². The van der Waals surface area contributed by atoms with Crippen LogP contribution in [0.1, 0.15) is 21.6 Å². The Labute approximate surface area is 171 Å². The van der Waals surface area contributed by atoms with Gasteiger partial charge in [0.15, 0.2) is 0 Å². The second kappa shape index (κ2) is 8.86. The normalized spacial score (nSPS) is 10.5. The minimum absolute atomic E-state index is 0.164. The smallest absolute Gasteiger partial charge is 0.259 e. The van der Waals surface area contributed by atoms with E-state index >= 15 is 0 Å². The molecule has 7 heteroatoms. The van der Waals surface area contributed by atoms with Crippen LogP contribution in [0, 0.1) is 6.92 Å². The highest BCUT2D eigenvalue weighted by Gasteiger charge is 2.14. The maximum Gasteiger partial charge on any atom is 0.259 e. The van der Waals surface area contributed by atoms with Crippen molar-refractivity contribution < 1.29 is 14.3 Å². The van der Waals surface area contributed by atoms with E-state index in [2.05, 4.69) is 26.2 Å². The second-order valence-corrected chi connectivity index (χ2v) is 7.07. The highest BCUT2D eigenvalue weighted by molar-refractivity contribution is 9.10. The van der Waals surface area contributed by atoms with Crippen molar-refractivity contribution in [2.45, 2.75) is 13.5 Å². The van der Waals surface area contributed by atoms with Crippen molar-refractivity contribution in [3.8, 4) is 11.5 Å². The van der Waals surface area contributed by atoms with Crippen LogP contribution in [0.2, 0.25) is 0 Å². The lowest BCUT2D eigenvalue weighted by Gasteiger charge is -2.12. The number of amides is 1. The number of benzene rings is 2. The molecule has 1 amide bonds. The molecule has 1 heterocycles. The molecular weight excluding hydrogens is 422 g/mol. The molecule has 0 saturated carbocycles. The number of nitrogens with one attached hydrogen (secondary N) is 1. The summed E-state index contributed by atoms with van der Waals surface area (Å²) >= 11 is 3.41. The first-order chi connectivity index (χ1) is 13.5. The van der Waals surface area contributed by atoms with E-state index in [0.717, 1.165) is 10.0 Å². The molecule has 3 N–H and O–H groups in total. The van der Waals surface area contributed by atoms with Gasteiger partial charge >= 0.3 is 0 Å². The summed E-state index contributed by atoms with van der Waals surface area (Å²) in [7, 11) is 1.58. The Morgan fingerprint density at radius 1 is 1.14 bits per heavy atom. The Morgan fingerprint density at radius 3 is 2.57 bits per heavy atom. The molecule has 2 aromatic carbocycles. The maximum atomic E-state index is 12.7. The number of methoxy groups -OCH3 is 1. The summed E-state index contributed by atoms with van der Waals surface area (Å²) in [5, 5.41) is 2.84. The Hall–Kier alpha value is -2.90. The van der Waals surface area contributed by atoms with Crippen LogP contribution >= 0.6 is 15.9 Å². The van der Waals surface area contributed by atoms with Crippen LogP contribution in [0.15, 0.2) is 59.1 Å². The van der Waals surface area contributed by atoms with Crippen molar-refractivity contribution in [2.24, 2.45) is 0 Å². The third kappa shape index (κ3) is 4.88. The molecule has 0 unspecified atom stereocenters. The van der Waals surface area contributed by atoms with Crippen LogP contribution in [-0.2, 0) is 11.3 Å². The number of carbonyl (C=O) groups excluding carboxylic acids is 1. The molecule has 144 valence electrons. The summed E-state index contributed by atoms with van der Waals surface area (Å²) < 4.78 is 11.9. The zero-order valence-electron chi connectivity index (χ0n) is 15.5. The van der Waals surface area contributed by atoms with Gasteiger partial charge in [-0.1, -0.05) is 28.1 Å². The number of ether oxygens (including phenoxy) is 2. The molecule has 0 aliphatic rings. The first-order valence-corrected chi connectivity index (χ1v) is 9.35. The van der Waals surface area contributed by atoms with Crippen molar-refractivity contribution in [2.75, 3.05) is 18.2 Å². The Bertz CT molecular complexity index is 1010. The lowest BCUT2D eigenvalue weighted by atomic mass is 10.1. The number of hydrogen-bond donors (Lipinski definition) is 2. The highest BCUT2D eigenvalue weighted by atomic mass is 79.9. The number of rotatable bonds is 6. The van der Waals surface area contributed by atoms with E-state index in [1.54, 1.807) is 31.4 Å². The van der Waals surface area contributed by atoms with Gasteiger partial charge in [-0.3, -0.25) is 4.79 Å². The fourth-order valence-corrected chi connectivity index (χ4v) is 3.01. The Morgan fingerprint density at radius 2 is 1.86 bits per heavy atom. The predicted molar refractivity (Wildman–Crippen MR) is 113 cm³/mol. The average molecular weight is 442 g/mol. The zero-order chi connectivity index (χ0) is 20.1. The summed E-state index contributed by atoms with van der Waals surface area (Å²) in [6.45, 7) is 2.21. The van der Waals surface area contributed by atoms with E-state index in [1.807, 2.05) is 37.3 Å². The number of halogens is 1. The van der Waals surface area contributed by atoms with Gasteiger partial charge in [0.25, 0.3) is 5.91 Å². The molecular formula is C21H20BrN3O3. The molecule has 0 spiro atoms. The molecule has 0 aliphatic heterocycles. The van der Waals surface area contributed by atoms with Crippen molar-refractivity contribution in [3.63, 3.8) is 0 Å². The Balaban J connectivity index is 1.77. The summed E-state index contributed by atoms with van der Waals surface area (Å²) in [6.07, 6.45) is 0. The van der Waals surface area contributed by atoms with Crippen LogP contribution in [-0.4, -0.2) is 18.0 Å². The number of nitrogens with zero attached hydrogens (tertiary/aromatic N) is 1. The van der Waals surface area contributed by atoms with E-state index < -0.39 is 0 Å². The van der Waals surface area contributed by atoms with E-state index in [0.29, 0.717) is 35.1 Å². The molecule has 28 heavy (non-hydrogen) atoms. The van der Waals surface area contributed by atoms with Crippen LogP contribution in [0.3, 0.4) is 0 Å². The SMILES string of the molecule is COCc1nc(N)c(C(=O)Nc2cccc(Oc3cccc(Br)c3)c2)cc1C. The number of hydrogen-bond acceptors (Lipinski definition) is 5. The third-order valence-corrected chi connectivity index (χ3v) is 4.49. The van der Waals surface area contributed by atoms with Gasteiger partial charge < -0.3 is 20.5 Å². The summed E-state index contributed by atoms with van der Waals surface area (Å²) in [4.78, 5) is 16.9. The van der Waals surface area contributed by atoms with Gasteiger partial charge in [0.05, 0.1) is 17.9 Å². The number of aromatic nitrogens is 1. The molecule has 0 radical (unpaired) electrons. The molecule has 1 aromatic heterocycles. The number of anilines is 2. The predicted octanol–water partition coefficient (Wildman–Crippen LogP) is 4.93. The average Bonchev–Trinajstić information content (AvgIpc) is 2.65. The first-order valence-electron chi connectivity index (χ1n) is 8.56. The number of pyridine rings is 1. The molecule has 0 bridgehead atoms. The number of carbonyl (C=O) groups is 1. The highest BCUT2D eigenvalue weighted by Crippen LogP contribution is 2.27. The first kappa shape index (κ1) is 19.9. The van der Waals surface area contributed by atoms with Crippen molar-refractivity contribution in [1.82, 2.24) is 4.98 Å². The molecule has 0 aliphatic carbocycles. The van der Waals surface area contributed by atoms with Crippen LogP contribution in [0.5, 0.6) is 11.5 Å². The lowest BCUT2D eigenvalue weighted by Crippen LogP contribution is -2.16. The monoisotopic (exact) mass is 441 g/mol. The van der Waals surface area contributed by atoms with Crippen LogP contribution in [0.4, 0.5) is 11.5 Å². The van der Waals surface area contributed by atoms with Gasteiger partial charge in [0.2, 0.25) is 0 Å². The fourth-order valence-electron chi connectivity index (χ4n) is 2.63. The fraction of sp³-hybridized carbons (Fsp3) is 0.143. The molecule has 3 rings (SSSR count). The number of aryl methyl sites for hydroxylation is 1. The van der Waals surface area contributed by atoms with E-state index in [4.69, 9.17) is 15.2 Å². The van der Waals surface area contributed by atoms with Gasteiger partial charge in [-0.15, -0.1) is 0 Å². The zero-order valence-corrected chi connectivity index (χ0v) is 17.1. The topological polar surface area (TPSA) is 86.5 Å². The van der Waals surface area contributed by atoms with Crippen molar-refractivity contribution >= 4 is 33.3 Å². The molecule has 6 nitrogen and oxygen atoms in total. The summed E-state index contributed by atoms with van der Waals surface area (Å²) in [5.41, 5.74) is 8.42. The molecule has 0 fully saturated rings. The largest absolute Gasteiger partial charge is 0.457 e. The van der Waals surface area contributed by atoms with Gasteiger partial charge in [-0.2, -0.15) is 0 Å². The molecule has 0 atom stereocenters. The number of nitrogen functional groups attached to an aromatic ring is 1. The summed E-state index contributed by atoms with van der Waals surface area (Å²) in [5.74, 6) is 1.12. The second-order valence-electron chi connectivity index (χ2n) is 6.16. The molecule has 3 aromatic rings. The summed E-state index contributed by atoms with van der Waals surface area (Å²) in [6, 6.07) is 16.4. The van der Waals surface area contributed by atoms with Crippen molar-refractivity contribution in [1.29, 1.82) is 0 Å². The quantitative estimate of drug-likeness (QED) is 0.566. The van der Waals surface area contributed by atoms with Gasteiger partial charge in [0.1, 0.15) is 17.3 Å². The Kier molecular flexibility index (Phi) is 6.28. The standard InChI is InChI=1S/C21H20BrN3O3/c1-13-9-18(20(23)25-19(13)12-27-2)21(26)24-15-6-4-8-17(11-15)28-16-7-3-5-14(22)10-16/h3-11H,12H2,1-2H3,(H2,23,25)(H,24,26). The molecule has 0 saturated heterocycles. The van der Waals surface area contributed by atoms with Crippen LogP contribution in [0.25, 0.3) is 0 Å². The van der Waals surface area contributed by atoms with Gasteiger partial charge in [-0.25, -0.2) is 4.98 Å². The van der Waals surface area contributed by atoms with E-state index in [9.17, 15) is 4.79 Å². The third-order valence-electron chi connectivity index (χ3n) is 4.00. The van der Waals surface area contributed by atoms with Crippen LogP contribution < -0.4 is 15.8 Å². The van der Waals surface area contributed by atoms with E-state index in [1.165, 1.54) is 0 Å². The minimum Gasteiger partial charge on any atom is -0.457 e. The van der Waals surface area contributed by atoms with Gasteiger partial charge in [0, 0.05) is 23.3 Å². The minimum atomic E-state index is -0.336. The number of nitrogens with two attached hydrogens (primary N) is 1. The van der Waals surface area contributed by atoms with Gasteiger partial charge in [-0.05, 0) is 48.9 Å². The lowest BCUT2D eigenvalue weighted by molar-refractivity contribution is 0.102. The maximum absolute atomic E-state index is 12.7.